The molecule has 10 heteroatoms. The van der Waals surface area contributed by atoms with Crippen LogP contribution in [-0.4, -0.2) is 69.2 Å². The van der Waals surface area contributed by atoms with Crippen molar-refractivity contribution in [2.24, 2.45) is 0 Å². The molecule has 1 fully saturated rings. The summed E-state index contributed by atoms with van der Waals surface area (Å²) in [5.41, 5.74) is 0. The predicted octanol–water partition coefficient (Wildman–Crippen LogP) is -3.24. The van der Waals surface area contributed by atoms with Crippen molar-refractivity contribution < 1.29 is 42.7 Å². The summed E-state index contributed by atoms with van der Waals surface area (Å²) in [6, 6.07) is 0. The molecule has 1 rings (SSSR count). The van der Waals surface area contributed by atoms with E-state index in [0.717, 1.165) is 0 Å². The van der Waals surface area contributed by atoms with Crippen LogP contribution in [0, 0.1) is 0 Å². The van der Waals surface area contributed by atoms with E-state index in [-0.39, 0.29) is 6.61 Å². The van der Waals surface area contributed by atoms with Gasteiger partial charge in [-0.25, -0.2) is 0 Å². The fourth-order valence-corrected chi connectivity index (χ4v) is 0.791. The lowest BCUT2D eigenvalue weighted by atomic mass is 10.1. The number of rotatable bonds is 0. The maximum Gasteiger partial charge on any atom is 0.394 e. The van der Waals surface area contributed by atoms with Crippen LogP contribution in [0.5, 0.6) is 0 Å². The smallest absolute Gasteiger partial charge is 0.388 e. The van der Waals surface area contributed by atoms with Crippen LogP contribution in [-0.2, 0) is 15.1 Å². The van der Waals surface area contributed by atoms with Gasteiger partial charge in [0.25, 0.3) is 0 Å². The van der Waals surface area contributed by atoms with Crippen molar-refractivity contribution in [1.82, 2.24) is 0 Å². The summed E-state index contributed by atoms with van der Waals surface area (Å²) >= 11 is 0. The van der Waals surface area contributed by atoms with Crippen molar-refractivity contribution in [3.63, 3.8) is 0 Å². The van der Waals surface area contributed by atoms with E-state index >= 15 is 0 Å². The molecule has 92 valence electrons. The van der Waals surface area contributed by atoms with Gasteiger partial charge in [0.05, 0.1) is 6.61 Å². The van der Waals surface area contributed by atoms with Crippen molar-refractivity contribution in [3.8, 4) is 0 Å². The quantitative estimate of drug-likeness (QED) is 0.241. The molecule has 4 atom stereocenters. The summed E-state index contributed by atoms with van der Waals surface area (Å²) in [4.78, 5) is 0. The van der Waals surface area contributed by atoms with E-state index in [1.165, 1.54) is 0 Å². The number of aliphatic hydroxyl groups is 4. The first-order valence-electron chi connectivity index (χ1n) is 3.66. The molecule has 0 bridgehead atoms. The molecule has 1 heterocycles. The molecular weight excluding hydrogens is 236 g/mol. The van der Waals surface area contributed by atoms with Crippen molar-refractivity contribution >= 4 is 10.4 Å². The minimum Gasteiger partial charge on any atom is -0.388 e. The zero-order chi connectivity index (χ0) is 12.2. The molecule has 0 spiro atoms. The standard InChI is InChI=1S/C5H10O5.H2O4S/c6-2-1-10-5(9)4(8)3(2)7;1-5(2,3)4/h2-9H,1H2;(H2,1,2,3,4)/t2-,3+,4-,5?;/m1./s1. The average Bonchev–Trinajstić information content (AvgIpc) is 2.05. The topological polar surface area (TPSA) is 165 Å². The number of ether oxygens (including phenoxy) is 1. The third-order valence-electron chi connectivity index (χ3n) is 1.47. The Hall–Kier alpha value is -0.330. The van der Waals surface area contributed by atoms with Crippen LogP contribution in [0.25, 0.3) is 0 Å². The Labute approximate surface area is 85.1 Å². The molecule has 6 N–H and O–H groups in total. The molecular formula is C5H12O9S. The van der Waals surface area contributed by atoms with Gasteiger partial charge in [-0.15, -0.1) is 0 Å². The molecule has 0 saturated carbocycles. The van der Waals surface area contributed by atoms with Gasteiger partial charge in [0.15, 0.2) is 6.29 Å². The molecule has 15 heavy (non-hydrogen) atoms. The van der Waals surface area contributed by atoms with E-state index in [1.807, 2.05) is 0 Å². The van der Waals surface area contributed by atoms with Crippen LogP contribution >= 0.6 is 0 Å². The number of hydrogen-bond donors (Lipinski definition) is 6. The van der Waals surface area contributed by atoms with E-state index in [0.29, 0.717) is 0 Å². The molecule has 1 unspecified atom stereocenters. The molecule has 0 aromatic rings. The molecule has 0 amide bonds. The van der Waals surface area contributed by atoms with Gasteiger partial charge in [-0.05, 0) is 0 Å². The molecule has 9 nitrogen and oxygen atoms in total. The monoisotopic (exact) mass is 248 g/mol. The third kappa shape index (κ3) is 6.70. The van der Waals surface area contributed by atoms with Crippen molar-refractivity contribution in [1.29, 1.82) is 0 Å². The Morgan fingerprint density at radius 1 is 1.00 bits per heavy atom. The molecule has 0 radical (unpaired) electrons. The Balaban J connectivity index is 0.000000336. The zero-order valence-electron chi connectivity index (χ0n) is 7.33. The van der Waals surface area contributed by atoms with Gasteiger partial charge in [0.2, 0.25) is 0 Å². The second kappa shape index (κ2) is 5.67. The Bertz CT molecular complexity index is 252. The summed E-state index contributed by atoms with van der Waals surface area (Å²) in [6.45, 7) is -0.153. The van der Waals surface area contributed by atoms with Crippen LogP contribution in [0.4, 0.5) is 0 Å². The first-order valence-corrected chi connectivity index (χ1v) is 5.06. The second-order valence-electron chi connectivity index (χ2n) is 2.72. The summed E-state index contributed by atoms with van der Waals surface area (Å²) in [6.07, 6.45) is -5.23. The maximum absolute atomic E-state index is 8.88. The summed E-state index contributed by atoms with van der Waals surface area (Å²) in [5, 5.41) is 35.3. The van der Waals surface area contributed by atoms with Crippen LogP contribution in [0.2, 0.25) is 0 Å². The van der Waals surface area contributed by atoms with Gasteiger partial charge in [-0.3, -0.25) is 9.11 Å². The molecule has 1 aliphatic rings. The van der Waals surface area contributed by atoms with Gasteiger partial charge in [0.1, 0.15) is 18.3 Å². The van der Waals surface area contributed by atoms with Crippen molar-refractivity contribution in [2.45, 2.75) is 24.6 Å². The van der Waals surface area contributed by atoms with E-state index in [2.05, 4.69) is 4.74 Å². The SMILES string of the molecule is O=S(=O)(O)O.OC1OC[C@@H](O)[C@H](O)[C@H]1O. The minimum atomic E-state index is -4.67. The first-order chi connectivity index (χ1) is 6.63. The average molecular weight is 248 g/mol. The van der Waals surface area contributed by atoms with Gasteiger partial charge in [-0.2, -0.15) is 8.42 Å². The van der Waals surface area contributed by atoms with Gasteiger partial charge in [-0.1, -0.05) is 0 Å². The third-order valence-corrected chi connectivity index (χ3v) is 1.47. The first kappa shape index (κ1) is 14.7. The molecule has 0 aromatic heterocycles. The van der Waals surface area contributed by atoms with E-state index in [4.69, 9.17) is 37.9 Å². The second-order valence-corrected chi connectivity index (χ2v) is 3.62. The molecule has 0 aliphatic carbocycles. The van der Waals surface area contributed by atoms with Crippen LogP contribution in [0.3, 0.4) is 0 Å². The van der Waals surface area contributed by atoms with Crippen molar-refractivity contribution in [2.75, 3.05) is 6.61 Å². The van der Waals surface area contributed by atoms with Crippen LogP contribution in [0.1, 0.15) is 0 Å². The fraction of sp³-hybridized carbons (Fsp3) is 1.00. The largest absolute Gasteiger partial charge is 0.394 e. The lowest BCUT2D eigenvalue weighted by Gasteiger charge is -2.31. The van der Waals surface area contributed by atoms with Crippen LogP contribution < -0.4 is 0 Å². The van der Waals surface area contributed by atoms with Crippen molar-refractivity contribution in [3.05, 3.63) is 0 Å². The molecule has 1 aliphatic heterocycles. The highest BCUT2D eigenvalue weighted by molar-refractivity contribution is 7.79. The van der Waals surface area contributed by atoms with E-state index in [9.17, 15) is 0 Å². The summed E-state index contributed by atoms with van der Waals surface area (Å²) in [7, 11) is -4.67. The maximum atomic E-state index is 8.88. The lowest BCUT2D eigenvalue weighted by molar-refractivity contribution is -0.252. The van der Waals surface area contributed by atoms with Gasteiger partial charge in [0, 0.05) is 0 Å². The Morgan fingerprint density at radius 2 is 1.40 bits per heavy atom. The number of aliphatic hydroxyl groups excluding tert-OH is 4. The highest BCUT2D eigenvalue weighted by atomic mass is 32.3. The Morgan fingerprint density at radius 3 is 1.73 bits per heavy atom. The van der Waals surface area contributed by atoms with Gasteiger partial charge < -0.3 is 25.2 Å². The lowest BCUT2D eigenvalue weighted by Crippen LogP contribution is -2.52. The summed E-state index contributed by atoms with van der Waals surface area (Å²) < 4.78 is 36.1. The highest BCUT2D eigenvalue weighted by Crippen LogP contribution is 2.12. The Kier molecular flexibility index (Phi) is 5.55. The summed E-state index contributed by atoms with van der Waals surface area (Å²) in [5.74, 6) is 0. The minimum absolute atomic E-state index is 0.153. The molecule has 1 saturated heterocycles. The van der Waals surface area contributed by atoms with E-state index < -0.39 is 35.0 Å². The predicted molar refractivity (Wildman–Crippen MR) is 44.2 cm³/mol. The van der Waals surface area contributed by atoms with E-state index in [1.54, 1.807) is 0 Å². The zero-order valence-corrected chi connectivity index (χ0v) is 8.15. The normalized spacial score (nSPS) is 36.7. The highest BCUT2D eigenvalue weighted by Gasteiger charge is 2.36. The molecule has 0 aromatic carbocycles. The van der Waals surface area contributed by atoms with Gasteiger partial charge >= 0.3 is 10.4 Å². The fourth-order valence-electron chi connectivity index (χ4n) is 0.791. The number of hydrogen-bond acceptors (Lipinski definition) is 7. The van der Waals surface area contributed by atoms with Crippen LogP contribution in [0.15, 0.2) is 0 Å².